The fourth-order valence-corrected chi connectivity index (χ4v) is 2.80. The van der Waals surface area contributed by atoms with E-state index in [1.807, 2.05) is 0 Å². The normalized spacial score (nSPS) is 15.7. The monoisotopic (exact) mass is 371 g/mol. The van der Waals surface area contributed by atoms with E-state index >= 15 is 0 Å². The summed E-state index contributed by atoms with van der Waals surface area (Å²) in [7, 11) is 0. The van der Waals surface area contributed by atoms with E-state index in [4.69, 9.17) is 4.74 Å². The predicted molar refractivity (Wildman–Crippen MR) is 94.7 cm³/mol. The van der Waals surface area contributed by atoms with Crippen LogP contribution in [0.25, 0.3) is 0 Å². The van der Waals surface area contributed by atoms with E-state index in [2.05, 4.69) is 34.1 Å². The molecule has 1 fully saturated rings. The zero-order chi connectivity index (χ0) is 19.0. The molecule has 1 aliphatic rings. The average molecular weight is 371 g/mol. The van der Waals surface area contributed by atoms with Gasteiger partial charge >= 0.3 is 12.6 Å². The van der Waals surface area contributed by atoms with Crippen molar-refractivity contribution < 1.29 is 23.0 Å². The van der Waals surface area contributed by atoms with Crippen LogP contribution in [-0.2, 0) is 11.2 Å². The molecule has 1 aliphatic heterocycles. The topological polar surface area (TPSA) is 62.8 Å². The summed E-state index contributed by atoms with van der Waals surface area (Å²) in [6, 6.07) is 6.18. The van der Waals surface area contributed by atoms with E-state index in [0.717, 1.165) is 31.9 Å². The van der Waals surface area contributed by atoms with E-state index in [1.165, 1.54) is 12.1 Å². The minimum absolute atomic E-state index is 0.125. The Morgan fingerprint density at radius 2 is 1.88 bits per heavy atom. The number of benzene rings is 1. The SMILES string of the molecule is CC(C)(CNC(=O)NCCc1ccc(OC(F)F)cc1)N1CCOCC1. The van der Waals surface area contributed by atoms with Gasteiger partial charge in [-0.2, -0.15) is 8.78 Å². The molecule has 146 valence electrons. The summed E-state index contributed by atoms with van der Waals surface area (Å²) < 4.78 is 33.9. The molecule has 0 unspecified atom stereocenters. The van der Waals surface area contributed by atoms with Crippen LogP contribution in [0.1, 0.15) is 19.4 Å². The Labute approximate surface area is 152 Å². The van der Waals surface area contributed by atoms with Crippen molar-refractivity contribution in [2.75, 3.05) is 39.4 Å². The molecule has 0 bridgehead atoms. The molecular formula is C18H27F2N3O3. The third kappa shape index (κ3) is 6.76. The average Bonchev–Trinajstić information content (AvgIpc) is 2.62. The van der Waals surface area contributed by atoms with Gasteiger partial charge in [-0.3, -0.25) is 4.90 Å². The number of hydrogen-bond donors (Lipinski definition) is 2. The zero-order valence-electron chi connectivity index (χ0n) is 15.3. The number of hydrogen-bond acceptors (Lipinski definition) is 4. The van der Waals surface area contributed by atoms with Crippen molar-refractivity contribution >= 4 is 6.03 Å². The molecule has 1 saturated heterocycles. The second-order valence-electron chi connectivity index (χ2n) is 6.79. The van der Waals surface area contributed by atoms with Crippen LogP contribution in [0, 0.1) is 0 Å². The van der Waals surface area contributed by atoms with Crippen LogP contribution >= 0.6 is 0 Å². The van der Waals surface area contributed by atoms with Crippen molar-refractivity contribution in [3.63, 3.8) is 0 Å². The summed E-state index contributed by atoms with van der Waals surface area (Å²) in [5.74, 6) is 0.125. The number of amides is 2. The van der Waals surface area contributed by atoms with Crippen LogP contribution in [0.3, 0.4) is 0 Å². The van der Waals surface area contributed by atoms with Crippen molar-refractivity contribution in [2.45, 2.75) is 32.4 Å². The van der Waals surface area contributed by atoms with Crippen LogP contribution < -0.4 is 15.4 Å². The smallest absolute Gasteiger partial charge is 0.387 e. The van der Waals surface area contributed by atoms with Gasteiger partial charge in [0.25, 0.3) is 0 Å². The van der Waals surface area contributed by atoms with E-state index in [9.17, 15) is 13.6 Å². The molecule has 0 spiro atoms. The highest BCUT2D eigenvalue weighted by Crippen LogP contribution is 2.16. The number of nitrogens with one attached hydrogen (secondary N) is 2. The lowest BCUT2D eigenvalue weighted by Crippen LogP contribution is -2.56. The highest BCUT2D eigenvalue weighted by molar-refractivity contribution is 5.73. The standard InChI is InChI=1S/C18H27F2N3O3/c1-18(2,23-9-11-25-12-10-23)13-22-17(24)21-8-7-14-3-5-15(6-4-14)26-16(19)20/h3-6,16H,7-13H2,1-2H3,(H2,21,22,24). The molecule has 2 amide bonds. The fourth-order valence-electron chi connectivity index (χ4n) is 2.80. The molecule has 26 heavy (non-hydrogen) atoms. The molecule has 2 rings (SSSR count). The van der Waals surface area contributed by atoms with E-state index < -0.39 is 6.61 Å². The lowest BCUT2D eigenvalue weighted by atomic mass is 10.0. The minimum Gasteiger partial charge on any atom is -0.435 e. The van der Waals surface area contributed by atoms with Gasteiger partial charge in [-0.05, 0) is 38.0 Å². The number of rotatable bonds is 8. The third-order valence-corrected chi connectivity index (χ3v) is 4.40. The number of carbonyl (C=O) groups is 1. The first-order valence-electron chi connectivity index (χ1n) is 8.75. The Hall–Kier alpha value is -1.93. The summed E-state index contributed by atoms with van der Waals surface area (Å²) in [4.78, 5) is 14.3. The number of nitrogens with zero attached hydrogens (tertiary/aromatic N) is 1. The van der Waals surface area contributed by atoms with Crippen molar-refractivity contribution in [2.24, 2.45) is 0 Å². The molecule has 0 saturated carbocycles. The quantitative estimate of drug-likeness (QED) is 0.736. The van der Waals surface area contributed by atoms with Gasteiger partial charge in [0, 0.05) is 31.7 Å². The number of carbonyl (C=O) groups excluding carboxylic acids is 1. The first kappa shape index (κ1) is 20.4. The Bertz CT molecular complexity index is 561. The number of urea groups is 1. The highest BCUT2D eigenvalue weighted by atomic mass is 19.3. The van der Waals surface area contributed by atoms with Gasteiger partial charge in [0.15, 0.2) is 0 Å². The van der Waals surface area contributed by atoms with Crippen LogP contribution in [0.15, 0.2) is 24.3 Å². The first-order valence-corrected chi connectivity index (χ1v) is 8.75. The summed E-state index contributed by atoms with van der Waals surface area (Å²) in [6.45, 7) is 5.53. The fraction of sp³-hybridized carbons (Fsp3) is 0.611. The lowest BCUT2D eigenvalue weighted by molar-refractivity contribution is -0.0498. The largest absolute Gasteiger partial charge is 0.435 e. The number of alkyl halides is 2. The molecule has 0 aromatic heterocycles. The molecule has 0 aliphatic carbocycles. The molecule has 1 aromatic rings. The van der Waals surface area contributed by atoms with Gasteiger partial charge in [-0.1, -0.05) is 12.1 Å². The Morgan fingerprint density at radius 3 is 2.50 bits per heavy atom. The molecule has 8 heteroatoms. The maximum absolute atomic E-state index is 12.1. The number of morpholine rings is 1. The van der Waals surface area contributed by atoms with Gasteiger partial charge in [-0.25, -0.2) is 4.79 Å². The van der Waals surface area contributed by atoms with Crippen molar-refractivity contribution in [3.8, 4) is 5.75 Å². The maximum atomic E-state index is 12.1. The molecule has 2 N–H and O–H groups in total. The second kappa shape index (κ2) is 9.68. The summed E-state index contributed by atoms with van der Waals surface area (Å²) in [6.07, 6.45) is 0.606. The molecular weight excluding hydrogens is 344 g/mol. The maximum Gasteiger partial charge on any atom is 0.387 e. The van der Waals surface area contributed by atoms with Gasteiger partial charge < -0.3 is 20.1 Å². The van der Waals surface area contributed by atoms with E-state index in [-0.39, 0.29) is 17.3 Å². The lowest BCUT2D eigenvalue weighted by Gasteiger charge is -2.40. The van der Waals surface area contributed by atoms with Crippen molar-refractivity contribution in [1.82, 2.24) is 15.5 Å². The van der Waals surface area contributed by atoms with Gasteiger partial charge in [-0.15, -0.1) is 0 Å². The summed E-state index contributed by atoms with van der Waals surface area (Å²) in [5.41, 5.74) is 0.794. The Morgan fingerprint density at radius 1 is 1.23 bits per heavy atom. The van der Waals surface area contributed by atoms with Gasteiger partial charge in [0.2, 0.25) is 0 Å². The number of ether oxygens (including phenoxy) is 2. The predicted octanol–water partition coefficient (Wildman–Crippen LogP) is 2.24. The van der Waals surface area contributed by atoms with Crippen LogP contribution in [0.5, 0.6) is 5.75 Å². The number of halogens is 2. The highest BCUT2D eigenvalue weighted by Gasteiger charge is 2.28. The van der Waals surface area contributed by atoms with Crippen molar-refractivity contribution in [1.29, 1.82) is 0 Å². The van der Waals surface area contributed by atoms with Crippen molar-refractivity contribution in [3.05, 3.63) is 29.8 Å². The molecule has 0 radical (unpaired) electrons. The van der Waals surface area contributed by atoms with Gasteiger partial charge in [0.1, 0.15) is 5.75 Å². The Balaban J connectivity index is 1.66. The minimum atomic E-state index is -2.83. The zero-order valence-corrected chi connectivity index (χ0v) is 15.3. The van der Waals surface area contributed by atoms with Crippen LogP contribution in [0.2, 0.25) is 0 Å². The molecule has 1 aromatic carbocycles. The van der Waals surface area contributed by atoms with E-state index in [1.54, 1.807) is 12.1 Å². The first-order chi connectivity index (χ1) is 12.4. The Kier molecular flexibility index (Phi) is 7.59. The van der Waals surface area contributed by atoms with Gasteiger partial charge in [0.05, 0.1) is 13.2 Å². The van der Waals surface area contributed by atoms with E-state index in [0.29, 0.717) is 19.5 Å². The second-order valence-corrected chi connectivity index (χ2v) is 6.79. The summed E-state index contributed by atoms with van der Waals surface area (Å²) >= 11 is 0. The molecule has 6 nitrogen and oxygen atoms in total. The summed E-state index contributed by atoms with van der Waals surface area (Å²) in [5, 5.41) is 5.71. The third-order valence-electron chi connectivity index (χ3n) is 4.40. The van der Waals surface area contributed by atoms with Crippen LogP contribution in [0.4, 0.5) is 13.6 Å². The van der Waals surface area contributed by atoms with Crippen LogP contribution in [-0.4, -0.2) is 62.5 Å². The molecule has 1 heterocycles. The molecule has 0 atom stereocenters.